The summed E-state index contributed by atoms with van der Waals surface area (Å²) in [5.41, 5.74) is 1.65. The topological polar surface area (TPSA) is 70.2 Å². The molecule has 1 aromatic heterocycles. The minimum Gasteiger partial charge on any atom is -0.335 e. The molecule has 0 spiro atoms. The average molecular weight is 345 g/mol. The molecule has 1 atom stereocenters. The first-order valence-electron chi connectivity index (χ1n) is 7.88. The molecule has 2 aromatic rings. The average Bonchev–Trinajstić information content (AvgIpc) is 2.89. The van der Waals surface area contributed by atoms with Crippen molar-refractivity contribution >= 4 is 29.0 Å². The number of aryl methyl sites for hydroxylation is 1. The molecule has 0 bridgehead atoms. The van der Waals surface area contributed by atoms with E-state index < -0.39 is 0 Å². The van der Waals surface area contributed by atoms with Crippen molar-refractivity contribution in [1.29, 1.82) is 0 Å². The Morgan fingerprint density at radius 3 is 2.67 bits per heavy atom. The predicted molar refractivity (Wildman–Crippen MR) is 98.3 cm³/mol. The molecule has 2 rings (SSSR count). The molecule has 3 amide bonds. The summed E-state index contributed by atoms with van der Waals surface area (Å²) in [6.07, 6.45) is 0.823. The van der Waals surface area contributed by atoms with Gasteiger partial charge in [0.2, 0.25) is 5.91 Å². The van der Waals surface area contributed by atoms with Gasteiger partial charge < -0.3 is 16.0 Å². The lowest BCUT2D eigenvalue weighted by Gasteiger charge is -2.14. The van der Waals surface area contributed by atoms with Gasteiger partial charge in [-0.3, -0.25) is 4.79 Å². The third kappa shape index (κ3) is 6.04. The Hall–Kier alpha value is -2.34. The van der Waals surface area contributed by atoms with E-state index in [0.717, 1.165) is 17.7 Å². The number of carbonyl (C=O) groups is 2. The standard InChI is InChI=1S/C18H23N3O2S/c1-12(9-17-8-7-13(2)24-17)20-18(23)19-11-15-5-4-6-16(10-15)21-14(3)22/h4-8,10,12H,9,11H2,1-3H3,(H,21,22)(H2,19,20,23). The highest BCUT2D eigenvalue weighted by Crippen LogP contribution is 2.16. The number of rotatable bonds is 6. The van der Waals surface area contributed by atoms with E-state index in [-0.39, 0.29) is 18.0 Å². The number of carbonyl (C=O) groups excluding carboxylic acids is 2. The number of urea groups is 1. The molecular formula is C18H23N3O2S. The van der Waals surface area contributed by atoms with Gasteiger partial charge in [0.05, 0.1) is 0 Å². The second-order valence-electron chi connectivity index (χ2n) is 5.83. The quantitative estimate of drug-likeness (QED) is 0.750. The third-order valence-corrected chi connectivity index (χ3v) is 4.40. The number of nitrogens with one attached hydrogen (secondary N) is 3. The van der Waals surface area contributed by atoms with Gasteiger partial charge in [0.1, 0.15) is 0 Å². The summed E-state index contributed by atoms with van der Waals surface area (Å²) in [6.45, 7) is 5.94. The van der Waals surface area contributed by atoms with Crippen LogP contribution in [-0.4, -0.2) is 18.0 Å². The smallest absolute Gasteiger partial charge is 0.315 e. The van der Waals surface area contributed by atoms with E-state index in [2.05, 4.69) is 35.0 Å². The Morgan fingerprint density at radius 2 is 2.00 bits per heavy atom. The van der Waals surface area contributed by atoms with E-state index >= 15 is 0 Å². The van der Waals surface area contributed by atoms with Crippen LogP contribution in [0.15, 0.2) is 36.4 Å². The number of thiophene rings is 1. The molecule has 3 N–H and O–H groups in total. The molecule has 0 aliphatic carbocycles. The number of hydrogen-bond acceptors (Lipinski definition) is 3. The van der Waals surface area contributed by atoms with Crippen LogP contribution in [-0.2, 0) is 17.8 Å². The minimum atomic E-state index is -0.194. The maximum Gasteiger partial charge on any atom is 0.315 e. The number of amides is 3. The van der Waals surface area contributed by atoms with E-state index in [0.29, 0.717) is 6.54 Å². The van der Waals surface area contributed by atoms with Crippen molar-refractivity contribution in [2.75, 3.05) is 5.32 Å². The first-order valence-corrected chi connectivity index (χ1v) is 8.70. The summed E-state index contributed by atoms with van der Waals surface area (Å²) in [4.78, 5) is 25.6. The molecule has 1 unspecified atom stereocenters. The third-order valence-electron chi connectivity index (χ3n) is 3.38. The van der Waals surface area contributed by atoms with Crippen molar-refractivity contribution in [1.82, 2.24) is 10.6 Å². The van der Waals surface area contributed by atoms with Crippen LogP contribution in [0.4, 0.5) is 10.5 Å². The normalized spacial score (nSPS) is 11.6. The van der Waals surface area contributed by atoms with E-state index in [1.165, 1.54) is 16.7 Å². The van der Waals surface area contributed by atoms with E-state index in [9.17, 15) is 9.59 Å². The number of hydrogen-bond donors (Lipinski definition) is 3. The Bertz CT molecular complexity index is 712. The number of anilines is 1. The Morgan fingerprint density at radius 1 is 1.21 bits per heavy atom. The molecule has 0 aliphatic heterocycles. The van der Waals surface area contributed by atoms with Crippen LogP contribution in [0.3, 0.4) is 0 Å². The monoisotopic (exact) mass is 345 g/mol. The molecule has 0 saturated heterocycles. The van der Waals surface area contributed by atoms with Gasteiger partial charge in [-0.1, -0.05) is 12.1 Å². The zero-order chi connectivity index (χ0) is 17.5. The molecule has 5 nitrogen and oxygen atoms in total. The van der Waals surface area contributed by atoms with Crippen molar-refractivity contribution in [2.24, 2.45) is 0 Å². The predicted octanol–water partition coefficient (Wildman–Crippen LogP) is 3.45. The van der Waals surface area contributed by atoms with E-state index in [4.69, 9.17) is 0 Å². The van der Waals surface area contributed by atoms with Gasteiger partial charge in [0, 0.05) is 41.4 Å². The minimum absolute atomic E-state index is 0.0637. The van der Waals surface area contributed by atoms with Crippen LogP contribution in [0.5, 0.6) is 0 Å². The fourth-order valence-electron chi connectivity index (χ4n) is 2.37. The maximum atomic E-state index is 12.0. The summed E-state index contributed by atoms with van der Waals surface area (Å²) >= 11 is 1.75. The molecular weight excluding hydrogens is 322 g/mol. The van der Waals surface area contributed by atoms with Crippen molar-refractivity contribution in [3.05, 3.63) is 51.7 Å². The van der Waals surface area contributed by atoms with E-state index in [1.807, 2.05) is 31.2 Å². The molecule has 0 radical (unpaired) electrons. The molecule has 6 heteroatoms. The van der Waals surface area contributed by atoms with Gasteiger partial charge in [-0.05, 0) is 43.7 Å². The van der Waals surface area contributed by atoms with Crippen molar-refractivity contribution < 1.29 is 9.59 Å². The SMILES string of the molecule is CC(=O)Nc1cccc(CNC(=O)NC(C)Cc2ccc(C)s2)c1. The van der Waals surface area contributed by atoms with Gasteiger partial charge >= 0.3 is 6.03 Å². The number of benzene rings is 1. The highest BCUT2D eigenvalue weighted by molar-refractivity contribution is 7.11. The molecule has 1 aromatic carbocycles. The molecule has 0 aliphatic rings. The second kappa shape index (κ2) is 8.49. The van der Waals surface area contributed by atoms with Gasteiger partial charge in [-0.15, -0.1) is 11.3 Å². The summed E-state index contributed by atoms with van der Waals surface area (Å²) in [7, 11) is 0. The summed E-state index contributed by atoms with van der Waals surface area (Å²) in [5.74, 6) is -0.115. The van der Waals surface area contributed by atoms with Crippen LogP contribution in [0.25, 0.3) is 0 Å². The first-order chi connectivity index (χ1) is 11.4. The maximum absolute atomic E-state index is 12.0. The first kappa shape index (κ1) is 18.0. The second-order valence-corrected chi connectivity index (χ2v) is 7.20. The van der Waals surface area contributed by atoms with Gasteiger partial charge in [-0.25, -0.2) is 4.79 Å². The zero-order valence-electron chi connectivity index (χ0n) is 14.2. The molecule has 0 saturated carbocycles. The lowest BCUT2D eigenvalue weighted by molar-refractivity contribution is -0.114. The van der Waals surface area contributed by atoms with Crippen LogP contribution in [0.1, 0.15) is 29.2 Å². The molecule has 24 heavy (non-hydrogen) atoms. The van der Waals surface area contributed by atoms with Crippen LogP contribution in [0, 0.1) is 6.92 Å². The fraction of sp³-hybridized carbons (Fsp3) is 0.333. The zero-order valence-corrected chi connectivity index (χ0v) is 15.0. The van der Waals surface area contributed by atoms with Gasteiger partial charge in [0.25, 0.3) is 0 Å². The fourth-order valence-corrected chi connectivity index (χ4v) is 3.39. The lowest BCUT2D eigenvalue weighted by atomic mass is 10.2. The van der Waals surface area contributed by atoms with Crippen molar-refractivity contribution in [2.45, 2.75) is 39.8 Å². The Kier molecular flexibility index (Phi) is 6.37. The molecule has 1 heterocycles. The van der Waals surface area contributed by atoms with E-state index in [1.54, 1.807) is 11.3 Å². The lowest BCUT2D eigenvalue weighted by Crippen LogP contribution is -2.41. The Balaban J connectivity index is 1.79. The largest absolute Gasteiger partial charge is 0.335 e. The van der Waals surface area contributed by atoms with Gasteiger partial charge in [0.15, 0.2) is 0 Å². The summed E-state index contributed by atoms with van der Waals surface area (Å²) in [6, 6.07) is 11.5. The molecule has 0 fully saturated rings. The van der Waals surface area contributed by atoms with Crippen LogP contribution >= 0.6 is 11.3 Å². The van der Waals surface area contributed by atoms with Crippen molar-refractivity contribution in [3.63, 3.8) is 0 Å². The van der Waals surface area contributed by atoms with Crippen LogP contribution in [0.2, 0.25) is 0 Å². The highest BCUT2D eigenvalue weighted by Gasteiger charge is 2.09. The van der Waals surface area contributed by atoms with Crippen molar-refractivity contribution in [3.8, 4) is 0 Å². The highest BCUT2D eigenvalue weighted by atomic mass is 32.1. The summed E-state index contributed by atoms with van der Waals surface area (Å²) < 4.78 is 0. The van der Waals surface area contributed by atoms with Gasteiger partial charge in [-0.2, -0.15) is 0 Å². The van der Waals surface area contributed by atoms with Crippen LogP contribution < -0.4 is 16.0 Å². The molecule has 128 valence electrons. The summed E-state index contributed by atoms with van der Waals surface area (Å²) in [5, 5.41) is 8.51. The Labute approximate surface area is 146 Å².